The number of amides is 1. The molecule has 5 aromatic rings. The molecule has 5 rings (SSSR count). The first kappa shape index (κ1) is 23.0. The Kier molecular flexibility index (Phi) is 6.05. The molecular formula is C26H17ClN4O5. The average Bonchev–Trinajstić information content (AvgIpc) is 3.35. The van der Waals surface area contributed by atoms with Crippen LogP contribution in [0.2, 0.25) is 5.02 Å². The Morgan fingerprint density at radius 2 is 1.69 bits per heavy atom. The number of benzene rings is 3. The molecule has 0 radical (unpaired) electrons. The molecule has 178 valence electrons. The summed E-state index contributed by atoms with van der Waals surface area (Å²) in [6.07, 6.45) is 1.30. The fourth-order valence-corrected chi connectivity index (χ4v) is 4.19. The van der Waals surface area contributed by atoms with Crippen molar-refractivity contribution in [3.8, 4) is 11.3 Å². The lowest BCUT2D eigenvalue weighted by molar-refractivity contribution is -0.384. The topological polar surface area (TPSA) is 120 Å². The Bertz CT molecular complexity index is 1680. The first-order valence-electron chi connectivity index (χ1n) is 10.8. The minimum absolute atomic E-state index is 0.0704. The SMILES string of the molecule is O=C(Cn1c2ccccc2c(=O)c2ccccc21)NN=Cc1ccc(-c2ccc(Cl)cc2[N+](=O)[O-])o1. The predicted molar refractivity (Wildman–Crippen MR) is 137 cm³/mol. The van der Waals surface area contributed by atoms with Crippen molar-refractivity contribution in [3.63, 3.8) is 0 Å². The maximum absolute atomic E-state index is 12.8. The number of nitro benzene ring substituents is 1. The first-order valence-corrected chi connectivity index (χ1v) is 11.2. The van der Waals surface area contributed by atoms with Crippen LogP contribution in [0.25, 0.3) is 33.1 Å². The Balaban J connectivity index is 1.36. The van der Waals surface area contributed by atoms with Crippen molar-refractivity contribution in [3.05, 3.63) is 110 Å². The highest BCUT2D eigenvalue weighted by molar-refractivity contribution is 6.30. The molecule has 1 amide bonds. The van der Waals surface area contributed by atoms with Crippen LogP contribution in [0.15, 0.2) is 93.2 Å². The Morgan fingerprint density at radius 3 is 2.36 bits per heavy atom. The van der Waals surface area contributed by atoms with Gasteiger partial charge in [0, 0.05) is 21.9 Å². The maximum Gasteiger partial charge on any atom is 0.281 e. The number of nitrogens with zero attached hydrogens (tertiary/aromatic N) is 3. The minimum Gasteiger partial charge on any atom is -0.455 e. The third kappa shape index (κ3) is 4.35. The number of pyridine rings is 1. The van der Waals surface area contributed by atoms with Gasteiger partial charge in [-0.15, -0.1) is 0 Å². The Hall–Kier alpha value is -4.76. The molecule has 3 aromatic carbocycles. The van der Waals surface area contributed by atoms with Crippen molar-refractivity contribution in [1.29, 1.82) is 0 Å². The number of halogens is 1. The zero-order valence-corrected chi connectivity index (χ0v) is 19.3. The molecule has 0 atom stereocenters. The molecule has 0 bridgehead atoms. The van der Waals surface area contributed by atoms with Crippen LogP contribution in [0, 0.1) is 10.1 Å². The Morgan fingerprint density at radius 1 is 1.03 bits per heavy atom. The summed E-state index contributed by atoms with van der Waals surface area (Å²) in [5.41, 5.74) is 3.72. The van der Waals surface area contributed by atoms with E-state index < -0.39 is 10.8 Å². The molecule has 0 unspecified atom stereocenters. The van der Waals surface area contributed by atoms with E-state index in [1.54, 1.807) is 53.1 Å². The molecule has 0 saturated carbocycles. The summed E-state index contributed by atoms with van der Waals surface area (Å²) in [5, 5.41) is 16.6. The van der Waals surface area contributed by atoms with Gasteiger partial charge in [-0.25, -0.2) is 5.43 Å². The molecule has 0 spiro atoms. The van der Waals surface area contributed by atoms with E-state index >= 15 is 0 Å². The van der Waals surface area contributed by atoms with Crippen LogP contribution in [0.5, 0.6) is 0 Å². The molecule has 10 heteroatoms. The van der Waals surface area contributed by atoms with Gasteiger partial charge in [0.05, 0.1) is 27.7 Å². The highest BCUT2D eigenvalue weighted by atomic mass is 35.5. The summed E-state index contributed by atoms with van der Waals surface area (Å²) >= 11 is 5.87. The van der Waals surface area contributed by atoms with Crippen molar-refractivity contribution in [1.82, 2.24) is 9.99 Å². The van der Waals surface area contributed by atoms with Gasteiger partial charge in [0.1, 0.15) is 18.1 Å². The van der Waals surface area contributed by atoms with Gasteiger partial charge in [-0.3, -0.25) is 19.7 Å². The Labute approximate surface area is 208 Å². The predicted octanol–water partition coefficient (Wildman–Crippen LogP) is 5.13. The van der Waals surface area contributed by atoms with Crippen LogP contribution in [0.3, 0.4) is 0 Å². The summed E-state index contributed by atoms with van der Waals surface area (Å²) in [5.74, 6) is 0.136. The summed E-state index contributed by atoms with van der Waals surface area (Å²) < 4.78 is 7.41. The number of aromatic nitrogens is 1. The second-order valence-electron chi connectivity index (χ2n) is 7.86. The number of para-hydroxylation sites is 2. The third-order valence-electron chi connectivity index (χ3n) is 5.61. The smallest absolute Gasteiger partial charge is 0.281 e. The standard InChI is InChI=1S/C26H17ClN4O5/c27-16-9-11-18(23(13-16)31(34)35)24-12-10-17(36-24)14-28-29-25(32)15-30-21-7-3-1-5-19(21)26(33)20-6-2-4-8-22(20)30/h1-14H,15H2,(H,29,32). The average molecular weight is 501 g/mol. The van der Waals surface area contributed by atoms with Crippen molar-refractivity contribution in [2.24, 2.45) is 5.10 Å². The number of hydrogen-bond donors (Lipinski definition) is 1. The molecule has 0 saturated heterocycles. The van der Waals surface area contributed by atoms with Gasteiger partial charge in [0.2, 0.25) is 0 Å². The summed E-state index contributed by atoms with van der Waals surface area (Å²) in [6.45, 7) is -0.0704. The van der Waals surface area contributed by atoms with E-state index in [0.717, 1.165) is 0 Å². The molecule has 36 heavy (non-hydrogen) atoms. The fraction of sp³-hybridized carbons (Fsp3) is 0.0385. The fourth-order valence-electron chi connectivity index (χ4n) is 4.03. The van der Waals surface area contributed by atoms with E-state index in [9.17, 15) is 19.7 Å². The van der Waals surface area contributed by atoms with E-state index in [2.05, 4.69) is 10.5 Å². The molecule has 0 aliphatic rings. The van der Waals surface area contributed by atoms with Crippen molar-refractivity contribution in [2.75, 3.05) is 0 Å². The second kappa shape index (κ2) is 9.47. The van der Waals surface area contributed by atoms with E-state index in [1.165, 1.54) is 24.4 Å². The van der Waals surface area contributed by atoms with Crippen LogP contribution in [-0.4, -0.2) is 21.6 Å². The third-order valence-corrected chi connectivity index (χ3v) is 5.85. The van der Waals surface area contributed by atoms with Gasteiger partial charge in [-0.05, 0) is 48.5 Å². The van der Waals surface area contributed by atoms with E-state index in [0.29, 0.717) is 21.8 Å². The number of carbonyl (C=O) groups excluding carboxylic acids is 1. The number of hydrazone groups is 1. The van der Waals surface area contributed by atoms with Crippen LogP contribution >= 0.6 is 11.6 Å². The zero-order valence-electron chi connectivity index (χ0n) is 18.6. The molecular weight excluding hydrogens is 484 g/mol. The lowest BCUT2D eigenvalue weighted by Gasteiger charge is -2.14. The number of fused-ring (bicyclic) bond motifs is 2. The summed E-state index contributed by atoms with van der Waals surface area (Å²) in [6, 6.07) is 21.7. The maximum atomic E-state index is 12.8. The lowest BCUT2D eigenvalue weighted by atomic mass is 10.1. The molecule has 0 aliphatic carbocycles. The van der Waals surface area contributed by atoms with Crippen molar-refractivity contribution < 1.29 is 14.1 Å². The van der Waals surface area contributed by atoms with Crippen LogP contribution in [0.4, 0.5) is 5.69 Å². The quantitative estimate of drug-likeness (QED) is 0.150. The number of rotatable bonds is 6. The molecule has 0 fully saturated rings. The normalized spacial score (nSPS) is 11.4. The second-order valence-corrected chi connectivity index (χ2v) is 8.30. The van der Waals surface area contributed by atoms with Gasteiger partial charge in [-0.2, -0.15) is 5.10 Å². The van der Waals surface area contributed by atoms with Crippen LogP contribution in [0.1, 0.15) is 5.76 Å². The molecule has 0 aliphatic heterocycles. The van der Waals surface area contributed by atoms with Crippen LogP contribution < -0.4 is 10.9 Å². The van der Waals surface area contributed by atoms with Gasteiger partial charge in [-0.1, -0.05) is 35.9 Å². The highest BCUT2D eigenvalue weighted by Crippen LogP contribution is 2.33. The number of nitro groups is 1. The summed E-state index contributed by atoms with van der Waals surface area (Å²) in [4.78, 5) is 36.4. The first-order chi connectivity index (χ1) is 17.4. The molecule has 2 heterocycles. The number of nitrogens with one attached hydrogen (secondary N) is 1. The van der Waals surface area contributed by atoms with Gasteiger partial charge in [0.15, 0.2) is 5.43 Å². The zero-order chi connectivity index (χ0) is 25.2. The molecule has 2 aromatic heterocycles. The minimum atomic E-state index is -0.540. The largest absolute Gasteiger partial charge is 0.455 e. The number of hydrogen-bond acceptors (Lipinski definition) is 6. The number of furan rings is 1. The summed E-state index contributed by atoms with van der Waals surface area (Å²) in [7, 11) is 0. The van der Waals surface area contributed by atoms with Crippen molar-refractivity contribution >= 4 is 51.2 Å². The van der Waals surface area contributed by atoms with E-state index in [-0.39, 0.29) is 39.8 Å². The van der Waals surface area contributed by atoms with Gasteiger partial charge >= 0.3 is 0 Å². The molecule has 9 nitrogen and oxygen atoms in total. The van der Waals surface area contributed by atoms with E-state index in [4.69, 9.17) is 16.0 Å². The van der Waals surface area contributed by atoms with Crippen molar-refractivity contribution in [2.45, 2.75) is 6.54 Å². The lowest BCUT2D eigenvalue weighted by Crippen LogP contribution is -2.25. The van der Waals surface area contributed by atoms with Gasteiger partial charge < -0.3 is 8.98 Å². The van der Waals surface area contributed by atoms with Crippen LogP contribution in [-0.2, 0) is 11.3 Å². The molecule has 1 N–H and O–H groups in total. The monoisotopic (exact) mass is 500 g/mol. The van der Waals surface area contributed by atoms with E-state index in [1.807, 2.05) is 12.1 Å². The number of carbonyl (C=O) groups is 1. The highest BCUT2D eigenvalue weighted by Gasteiger charge is 2.18. The van der Waals surface area contributed by atoms with Gasteiger partial charge in [0.25, 0.3) is 11.6 Å².